The molecule has 1 aliphatic rings. The SMILES string of the molecule is c1ccc(CN2NC2c2ccccc2)cc1. The lowest BCUT2D eigenvalue weighted by molar-refractivity contribution is 0.479. The minimum absolute atomic E-state index is 0.390. The Balaban J connectivity index is 1.65. The number of benzene rings is 2. The van der Waals surface area contributed by atoms with Crippen molar-refractivity contribution in [2.75, 3.05) is 0 Å². The molecule has 2 atom stereocenters. The van der Waals surface area contributed by atoms with E-state index in [9.17, 15) is 0 Å². The van der Waals surface area contributed by atoms with Crippen LogP contribution >= 0.6 is 0 Å². The molecule has 1 aliphatic heterocycles. The van der Waals surface area contributed by atoms with Crippen molar-refractivity contribution >= 4 is 0 Å². The highest BCUT2D eigenvalue weighted by atomic mass is 15.7. The molecule has 3 rings (SSSR count). The van der Waals surface area contributed by atoms with E-state index in [1.165, 1.54) is 11.1 Å². The second-order valence-electron chi connectivity index (χ2n) is 4.06. The molecule has 1 fully saturated rings. The number of nitrogens with one attached hydrogen (secondary N) is 1. The number of hydrazine groups is 1. The molecule has 0 spiro atoms. The lowest BCUT2D eigenvalue weighted by atomic mass is 10.2. The van der Waals surface area contributed by atoms with Crippen molar-refractivity contribution in [2.24, 2.45) is 0 Å². The van der Waals surface area contributed by atoms with Crippen molar-refractivity contribution in [3.8, 4) is 0 Å². The van der Waals surface area contributed by atoms with E-state index in [0.717, 1.165) is 6.54 Å². The topological polar surface area (TPSA) is 25.0 Å². The Morgan fingerprint density at radius 3 is 2.19 bits per heavy atom. The van der Waals surface area contributed by atoms with Crippen LogP contribution < -0.4 is 5.43 Å². The van der Waals surface area contributed by atoms with Gasteiger partial charge in [0.25, 0.3) is 0 Å². The first-order chi connectivity index (χ1) is 7.93. The summed E-state index contributed by atoms with van der Waals surface area (Å²) in [6.07, 6.45) is 0.390. The van der Waals surface area contributed by atoms with Gasteiger partial charge in [-0.25, -0.2) is 10.4 Å². The molecule has 2 heteroatoms. The zero-order valence-electron chi connectivity index (χ0n) is 9.01. The minimum Gasteiger partial charge on any atom is -0.230 e. The molecule has 2 nitrogen and oxygen atoms in total. The molecule has 0 saturated carbocycles. The van der Waals surface area contributed by atoms with Crippen LogP contribution in [0, 0.1) is 0 Å². The van der Waals surface area contributed by atoms with E-state index in [2.05, 4.69) is 59.0 Å². The molecule has 0 radical (unpaired) electrons. The van der Waals surface area contributed by atoms with E-state index in [1.54, 1.807) is 0 Å². The summed E-state index contributed by atoms with van der Waals surface area (Å²) in [4.78, 5) is 0. The van der Waals surface area contributed by atoms with Crippen LogP contribution in [0.1, 0.15) is 17.3 Å². The minimum atomic E-state index is 0.390. The van der Waals surface area contributed by atoms with Crippen molar-refractivity contribution in [2.45, 2.75) is 12.7 Å². The van der Waals surface area contributed by atoms with E-state index >= 15 is 0 Å². The van der Waals surface area contributed by atoms with Crippen LogP contribution in [0.4, 0.5) is 0 Å². The highest BCUT2D eigenvalue weighted by Gasteiger charge is 2.33. The van der Waals surface area contributed by atoms with Gasteiger partial charge in [0.2, 0.25) is 0 Å². The summed E-state index contributed by atoms with van der Waals surface area (Å²) >= 11 is 0. The summed E-state index contributed by atoms with van der Waals surface area (Å²) in [7, 11) is 0. The van der Waals surface area contributed by atoms with Gasteiger partial charge in [-0.15, -0.1) is 0 Å². The highest BCUT2D eigenvalue weighted by Crippen LogP contribution is 2.29. The van der Waals surface area contributed by atoms with Gasteiger partial charge in [0.15, 0.2) is 0 Å². The van der Waals surface area contributed by atoms with Gasteiger partial charge in [0.1, 0.15) is 6.17 Å². The summed E-state index contributed by atoms with van der Waals surface area (Å²) in [5.74, 6) is 0. The van der Waals surface area contributed by atoms with E-state index in [0.29, 0.717) is 6.17 Å². The Hall–Kier alpha value is -1.64. The molecule has 2 unspecified atom stereocenters. The maximum absolute atomic E-state index is 3.37. The average molecular weight is 210 g/mol. The van der Waals surface area contributed by atoms with Crippen molar-refractivity contribution in [1.82, 2.24) is 10.4 Å². The van der Waals surface area contributed by atoms with E-state index in [4.69, 9.17) is 0 Å². The predicted octanol–water partition coefficient (Wildman–Crippen LogP) is 2.71. The summed E-state index contributed by atoms with van der Waals surface area (Å²) in [6.45, 7) is 0.959. The quantitative estimate of drug-likeness (QED) is 0.788. The standard InChI is InChI=1S/C14H14N2/c1-3-7-12(8-4-1)11-16-14(15-16)13-9-5-2-6-10-13/h1-10,14-15H,11H2. The zero-order chi connectivity index (χ0) is 10.8. The monoisotopic (exact) mass is 210 g/mol. The fourth-order valence-electron chi connectivity index (χ4n) is 1.93. The van der Waals surface area contributed by atoms with E-state index in [-0.39, 0.29) is 0 Å². The van der Waals surface area contributed by atoms with E-state index < -0.39 is 0 Å². The Morgan fingerprint density at radius 2 is 1.50 bits per heavy atom. The van der Waals surface area contributed by atoms with Crippen LogP contribution in [0.5, 0.6) is 0 Å². The van der Waals surface area contributed by atoms with Crippen molar-refractivity contribution in [3.05, 3.63) is 71.8 Å². The number of hydrogen-bond donors (Lipinski definition) is 1. The lowest BCUT2D eigenvalue weighted by Crippen LogP contribution is -2.00. The Kier molecular flexibility index (Phi) is 2.44. The molecule has 2 aromatic carbocycles. The Morgan fingerprint density at radius 1 is 0.875 bits per heavy atom. The third-order valence-electron chi connectivity index (χ3n) is 2.84. The van der Waals surface area contributed by atoms with Gasteiger partial charge in [0, 0.05) is 6.54 Å². The summed E-state index contributed by atoms with van der Waals surface area (Å²) in [5.41, 5.74) is 6.04. The molecular formula is C14H14N2. The van der Waals surface area contributed by atoms with Gasteiger partial charge in [-0.3, -0.25) is 0 Å². The predicted molar refractivity (Wildman–Crippen MR) is 64.3 cm³/mol. The summed E-state index contributed by atoms with van der Waals surface area (Å²) in [6, 6.07) is 21.0. The van der Waals surface area contributed by atoms with Gasteiger partial charge in [0.05, 0.1) is 0 Å². The fraction of sp³-hybridized carbons (Fsp3) is 0.143. The van der Waals surface area contributed by atoms with Gasteiger partial charge >= 0.3 is 0 Å². The number of hydrogen-bond acceptors (Lipinski definition) is 2. The molecule has 1 heterocycles. The second-order valence-corrected chi connectivity index (χ2v) is 4.06. The molecule has 0 aromatic heterocycles. The van der Waals surface area contributed by atoms with Crippen molar-refractivity contribution < 1.29 is 0 Å². The van der Waals surface area contributed by atoms with Crippen molar-refractivity contribution in [1.29, 1.82) is 0 Å². The summed E-state index contributed by atoms with van der Waals surface area (Å²) < 4.78 is 0. The number of nitrogens with zero attached hydrogens (tertiary/aromatic N) is 1. The molecule has 1 N–H and O–H groups in total. The number of rotatable bonds is 3. The van der Waals surface area contributed by atoms with Gasteiger partial charge in [-0.05, 0) is 11.1 Å². The maximum atomic E-state index is 3.37. The molecular weight excluding hydrogens is 196 g/mol. The largest absolute Gasteiger partial charge is 0.230 e. The maximum Gasteiger partial charge on any atom is 0.112 e. The molecule has 0 amide bonds. The van der Waals surface area contributed by atoms with Crippen LogP contribution in [-0.2, 0) is 6.54 Å². The lowest BCUT2D eigenvalue weighted by Gasteiger charge is -2.01. The van der Waals surface area contributed by atoms with E-state index in [1.807, 2.05) is 12.1 Å². The molecule has 80 valence electrons. The first-order valence-electron chi connectivity index (χ1n) is 5.55. The van der Waals surface area contributed by atoms with Gasteiger partial charge < -0.3 is 0 Å². The first kappa shape index (κ1) is 9.58. The Labute approximate surface area is 95.5 Å². The van der Waals surface area contributed by atoms with Crippen LogP contribution in [-0.4, -0.2) is 5.01 Å². The summed E-state index contributed by atoms with van der Waals surface area (Å²) in [5, 5.41) is 2.24. The van der Waals surface area contributed by atoms with Crippen LogP contribution in [0.25, 0.3) is 0 Å². The normalized spacial score (nSPS) is 23.0. The van der Waals surface area contributed by atoms with Crippen LogP contribution in [0.15, 0.2) is 60.7 Å². The molecule has 16 heavy (non-hydrogen) atoms. The second kappa shape index (κ2) is 4.08. The highest BCUT2D eigenvalue weighted by molar-refractivity contribution is 5.22. The average Bonchev–Trinajstić information content (AvgIpc) is 3.11. The third kappa shape index (κ3) is 1.98. The molecule has 2 aromatic rings. The van der Waals surface area contributed by atoms with Gasteiger partial charge in [-0.2, -0.15) is 0 Å². The molecule has 1 saturated heterocycles. The first-order valence-corrected chi connectivity index (χ1v) is 5.55. The fourth-order valence-corrected chi connectivity index (χ4v) is 1.93. The Bertz CT molecular complexity index is 453. The third-order valence-corrected chi connectivity index (χ3v) is 2.84. The molecule has 0 bridgehead atoms. The van der Waals surface area contributed by atoms with Crippen molar-refractivity contribution in [3.63, 3.8) is 0 Å². The zero-order valence-corrected chi connectivity index (χ0v) is 9.01. The van der Waals surface area contributed by atoms with Crippen LogP contribution in [0.3, 0.4) is 0 Å². The van der Waals surface area contributed by atoms with Gasteiger partial charge in [-0.1, -0.05) is 60.7 Å². The molecule has 0 aliphatic carbocycles. The smallest absolute Gasteiger partial charge is 0.112 e. The van der Waals surface area contributed by atoms with Crippen LogP contribution in [0.2, 0.25) is 0 Å².